The van der Waals surface area contributed by atoms with Crippen LogP contribution in [0.5, 0.6) is 0 Å². The van der Waals surface area contributed by atoms with Crippen LogP contribution in [0.1, 0.15) is 41.7 Å². The standard InChI is InChI=1S/C29H36F3N7O4S/c30-29(31,32)44-27-25(3-1-9-33)36-26-24(4-2-10-39(26)27)35-23-7-11-37(22-5-6-22)18-20(23)8-13-42-15-16-43-14-12-38-19-21(17-34-38)28(40)41/h2,4,10,17,19-20,22-23,35H,5-9,11-16,18,33H2,(H,40,41)/t20-,23-/m0/s1. The van der Waals surface area contributed by atoms with E-state index in [4.69, 9.17) is 20.3 Å². The molecular weight excluding hydrogens is 599 g/mol. The van der Waals surface area contributed by atoms with Gasteiger partial charge in [-0.3, -0.25) is 14.0 Å². The second-order valence-electron chi connectivity index (χ2n) is 10.8. The van der Waals surface area contributed by atoms with Gasteiger partial charge in [0.2, 0.25) is 0 Å². The molecule has 0 unspecified atom stereocenters. The Bertz CT molecular complexity index is 1480. The van der Waals surface area contributed by atoms with Gasteiger partial charge in [0.15, 0.2) is 5.65 Å². The van der Waals surface area contributed by atoms with E-state index in [0.717, 1.165) is 25.9 Å². The number of nitrogens with zero attached hydrogens (tertiary/aromatic N) is 5. The minimum absolute atomic E-state index is 0.0190. The lowest BCUT2D eigenvalue weighted by Crippen LogP contribution is -2.47. The smallest absolute Gasteiger partial charge is 0.447 e. The number of fused-ring (bicyclic) bond motifs is 1. The molecule has 3 aromatic rings. The fourth-order valence-electron chi connectivity index (χ4n) is 5.41. The summed E-state index contributed by atoms with van der Waals surface area (Å²) in [5.41, 5.74) is 2.23. The summed E-state index contributed by atoms with van der Waals surface area (Å²) in [7, 11) is 0. The van der Waals surface area contributed by atoms with Crippen LogP contribution in [-0.2, 0) is 16.0 Å². The molecule has 1 saturated heterocycles. The molecule has 0 amide bonds. The maximum absolute atomic E-state index is 13.4. The third-order valence-corrected chi connectivity index (χ3v) is 8.46. The molecule has 0 spiro atoms. The average molecular weight is 636 g/mol. The zero-order chi connectivity index (χ0) is 31.1. The molecule has 0 aromatic carbocycles. The number of nitrogens with one attached hydrogen (secondary N) is 1. The summed E-state index contributed by atoms with van der Waals surface area (Å²) in [6.45, 7) is 4.11. The van der Waals surface area contributed by atoms with E-state index in [0.29, 0.717) is 50.3 Å². The van der Waals surface area contributed by atoms with Crippen molar-refractivity contribution in [1.29, 1.82) is 0 Å². The number of piperidine rings is 1. The van der Waals surface area contributed by atoms with Gasteiger partial charge in [0.25, 0.3) is 0 Å². The van der Waals surface area contributed by atoms with Crippen LogP contribution in [0.25, 0.3) is 5.65 Å². The Labute approximate surface area is 257 Å². The molecule has 238 valence electrons. The highest BCUT2D eigenvalue weighted by Crippen LogP contribution is 2.40. The molecule has 4 heterocycles. The van der Waals surface area contributed by atoms with Gasteiger partial charge >= 0.3 is 11.5 Å². The van der Waals surface area contributed by atoms with E-state index < -0.39 is 11.5 Å². The van der Waals surface area contributed by atoms with Gasteiger partial charge in [0, 0.05) is 55.9 Å². The Balaban J connectivity index is 1.17. The quantitative estimate of drug-likeness (QED) is 0.137. The SMILES string of the molecule is NCC#Cc1nc2c(N[C@H]3CCN(C4CC4)C[C@@H]3CCOCCOCCn3cc(C(=O)O)cn3)cccn2c1SC(F)(F)F. The fraction of sp³-hybridized carbons (Fsp3) is 0.552. The number of hydrogen-bond acceptors (Lipinski definition) is 9. The van der Waals surface area contributed by atoms with Crippen LogP contribution in [0.15, 0.2) is 35.7 Å². The van der Waals surface area contributed by atoms with E-state index in [1.54, 1.807) is 12.3 Å². The van der Waals surface area contributed by atoms with Gasteiger partial charge in [-0.05, 0) is 49.7 Å². The predicted molar refractivity (Wildman–Crippen MR) is 159 cm³/mol. The number of thioether (sulfide) groups is 1. The van der Waals surface area contributed by atoms with Crippen molar-refractivity contribution in [3.8, 4) is 11.8 Å². The topological polar surface area (TPSA) is 132 Å². The number of hydrogen-bond donors (Lipinski definition) is 3. The van der Waals surface area contributed by atoms with E-state index in [-0.39, 0.29) is 46.5 Å². The maximum atomic E-state index is 13.4. The van der Waals surface area contributed by atoms with Crippen molar-refractivity contribution in [3.05, 3.63) is 42.0 Å². The molecule has 4 N–H and O–H groups in total. The Kier molecular flexibility index (Phi) is 10.7. The van der Waals surface area contributed by atoms with Crippen LogP contribution in [0.3, 0.4) is 0 Å². The van der Waals surface area contributed by atoms with Crippen LogP contribution >= 0.6 is 11.8 Å². The summed E-state index contributed by atoms with van der Waals surface area (Å²) < 4.78 is 54.7. The lowest BCUT2D eigenvalue weighted by molar-refractivity contribution is -0.0330. The minimum atomic E-state index is -4.49. The highest BCUT2D eigenvalue weighted by molar-refractivity contribution is 8.00. The lowest BCUT2D eigenvalue weighted by atomic mass is 9.89. The Morgan fingerprint density at radius 3 is 2.70 bits per heavy atom. The monoisotopic (exact) mass is 635 g/mol. The minimum Gasteiger partial charge on any atom is -0.478 e. The molecule has 1 saturated carbocycles. The first kappa shape index (κ1) is 32.1. The van der Waals surface area contributed by atoms with Gasteiger partial charge in [-0.1, -0.05) is 5.92 Å². The van der Waals surface area contributed by atoms with Gasteiger partial charge in [-0.25, -0.2) is 9.78 Å². The largest absolute Gasteiger partial charge is 0.478 e. The van der Waals surface area contributed by atoms with E-state index in [1.807, 2.05) is 6.07 Å². The van der Waals surface area contributed by atoms with E-state index in [2.05, 4.69) is 32.1 Å². The van der Waals surface area contributed by atoms with Crippen molar-refractivity contribution in [1.82, 2.24) is 24.1 Å². The molecule has 0 bridgehead atoms. The number of rotatable bonds is 14. The number of pyridine rings is 1. The summed E-state index contributed by atoms with van der Waals surface area (Å²) >= 11 is -0.229. The van der Waals surface area contributed by atoms with Crippen LogP contribution in [0, 0.1) is 17.8 Å². The third kappa shape index (κ3) is 8.66. The van der Waals surface area contributed by atoms with Crippen LogP contribution in [-0.4, -0.2) is 98.8 Å². The maximum Gasteiger partial charge on any atom is 0.447 e. The van der Waals surface area contributed by atoms with Gasteiger partial charge in [0.1, 0.15) is 10.7 Å². The molecule has 2 atom stereocenters. The van der Waals surface area contributed by atoms with E-state index >= 15 is 0 Å². The van der Waals surface area contributed by atoms with E-state index in [1.165, 1.54) is 34.3 Å². The number of carboxylic acids is 1. The number of aromatic nitrogens is 4. The van der Waals surface area contributed by atoms with Crippen molar-refractivity contribution in [3.63, 3.8) is 0 Å². The Morgan fingerprint density at radius 1 is 1.20 bits per heavy atom. The highest BCUT2D eigenvalue weighted by Gasteiger charge is 2.37. The van der Waals surface area contributed by atoms with Crippen LogP contribution in [0.4, 0.5) is 18.9 Å². The Morgan fingerprint density at radius 2 is 2.00 bits per heavy atom. The number of nitrogens with two attached hydrogens (primary N) is 1. The summed E-state index contributed by atoms with van der Waals surface area (Å²) in [5, 5.41) is 16.5. The second kappa shape index (κ2) is 14.7. The molecule has 2 aliphatic rings. The zero-order valence-corrected chi connectivity index (χ0v) is 24.9. The van der Waals surface area contributed by atoms with Gasteiger partial charge in [-0.2, -0.15) is 18.3 Å². The fourth-order valence-corrected chi connectivity index (χ4v) is 6.07. The molecule has 2 fully saturated rings. The van der Waals surface area contributed by atoms with Crippen molar-refractivity contribution in [2.24, 2.45) is 11.7 Å². The molecule has 44 heavy (non-hydrogen) atoms. The summed E-state index contributed by atoms with van der Waals surface area (Å²) in [5.74, 6) is 4.58. The average Bonchev–Trinajstić information content (AvgIpc) is 3.63. The lowest BCUT2D eigenvalue weighted by Gasteiger charge is -2.39. The summed E-state index contributed by atoms with van der Waals surface area (Å²) in [6.07, 6.45) is 8.48. The van der Waals surface area contributed by atoms with Crippen molar-refractivity contribution in [2.45, 2.75) is 54.8 Å². The molecule has 1 aliphatic carbocycles. The molecule has 15 heteroatoms. The molecule has 0 radical (unpaired) electrons. The number of carbonyl (C=O) groups is 1. The molecular formula is C29H36F3N7O4S. The van der Waals surface area contributed by atoms with Crippen LogP contribution < -0.4 is 11.1 Å². The third-order valence-electron chi connectivity index (χ3n) is 7.65. The molecule has 5 rings (SSSR count). The normalized spacial score (nSPS) is 19.2. The summed E-state index contributed by atoms with van der Waals surface area (Å²) in [4.78, 5) is 18.0. The first-order valence-electron chi connectivity index (χ1n) is 14.6. The number of imidazole rings is 1. The Hall–Kier alpha value is -3.29. The number of ether oxygens (including phenoxy) is 2. The second-order valence-corrected chi connectivity index (χ2v) is 11.8. The molecule has 3 aromatic heterocycles. The number of aromatic carboxylic acids is 1. The van der Waals surface area contributed by atoms with Crippen molar-refractivity contribution >= 4 is 29.1 Å². The number of halogens is 3. The number of carboxylic acid groups (broad SMARTS) is 1. The molecule has 11 nitrogen and oxygen atoms in total. The predicted octanol–water partition coefficient (Wildman–Crippen LogP) is 3.54. The number of alkyl halides is 3. The first-order chi connectivity index (χ1) is 21.2. The first-order valence-corrected chi connectivity index (χ1v) is 15.4. The van der Waals surface area contributed by atoms with Gasteiger partial charge in [0.05, 0.1) is 50.4 Å². The zero-order valence-electron chi connectivity index (χ0n) is 24.1. The van der Waals surface area contributed by atoms with Gasteiger partial charge in [-0.15, -0.1) is 0 Å². The highest BCUT2D eigenvalue weighted by atomic mass is 32.2. The van der Waals surface area contributed by atoms with E-state index in [9.17, 15) is 18.0 Å². The van der Waals surface area contributed by atoms with Crippen molar-refractivity contribution < 1.29 is 32.5 Å². The van der Waals surface area contributed by atoms with Gasteiger partial charge < -0.3 is 25.6 Å². The number of anilines is 1. The number of likely N-dealkylation sites (tertiary alicyclic amines) is 1. The summed E-state index contributed by atoms with van der Waals surface area (Å²) in [6, 6.07) is 4.28. The van der Waals surface area contributed by atoms with Crippen LogP contribution in [0.2, 0.25) is 0 Å². The molecule has 1 aliphatic heterocycles. The van der Waals surface area contributed by atoms with Crippen molar-refractivity contribution in [2.75, 3.05) is 51.4 Å².